The fourth-order valence-corrected chi connectivity index (χ4v) is 0.874. The standard InChI is InChI=1S/C11H10NO/c12-11(13)9-5-4-8-10-6-2-1-3-7-10/h1-9,12H/b8-4+,9-5+. The van der Waals surface area contributed by atoms with Crippen LogP contribution in [0.15, 0.2) is 48.6 Å². The van der Waals surface area contributed by atoms with E-state index in [2.05, 4.69) is 0 Å². The number of benzene rings is 1. The molecule has 0 atom stereocenters. The number of hydrogen-bond acceptors (Lipinski definition) is 1. The average molecular weight is 172 g/mol. The molecule has 0 aromatic heterocycles. The Labute approximate surface area is 77.4 Å². The van der Waals surface area contributed by atoms with Gasteiger partial charge in [-0.1, -0.05) is 48.6 Å². The molecule has 1 rings (SSSR count). The molecule has 1 N–H and O–H groups in total. The predicted molar refractivity (Wildman–Crippen MR) is 52.7 cm³/mol. The van der Waals surface area contributed by atoms with E-state index in [-0.39, 0.29) is 0 Å². The van der Waals surface area contributed by atoms with E-state index >= 15 is 0 Å². The Kier molecular flexibility index (Phi) is 3.51. The summed E-state index contributed by atoms with van der Waals surface area (Å²) in [7, 11) is 0. The molecule has 2 nitrogen and oxygen atoms in total. The summed E-state index contributed by atoms with van der Waals surface area (Å²) in [4.78, 5) is 10.2. The first-order valence-corrected chi connectivity index (χ1v) is 3.94. The second-order valence-corrected chi connectivity index (χ2v) is 2.49. The fourth-order valence-electron chi connectivity index (χ4n) is 0.874. The Hall–Kier alpha value is -1.83. The van der Waals surface area contributed by atoms with E-state index in [0.29, 0.717) is 0 Å². The lowest BCUT2D eigenvalue weighted by Crippen LogP contribution is -1.88. The van der Waals surface area contributed by atoms with Crippen LogP contribution in [0.3, 0.4) is 0 Å². The maximum absolute atomic E-state index is 10.2. The second-order valence-electron chi connectivity index (χ2n) is 2.49. The zero-order chi connectivity index (χ0) is 9.52. The van der Waals surface area contributed by atoms with E-state index < -0.39 is 5.91 Å². The van der Waals surface area contributed by atoms with Gasteiger partial charge in [0.2, 0.25) is 0 Å². The number of nitrogens with one attached hydrogen (secondary N) is 1. The highest BCUT2D eigenvalue weighted by molar-refractivity contribution is 5.85. The van der Waals surface area contributed by atoms with Crippen LogP contribution in [0.1, 0.15) is 5.56 Å². The lowest BCUT2D eigenvalue weighted by atomic mass is 10.2. The van der Waals surface area contributed by atoms with Crippen LogP contribution in [0.25, 0.3) is 6.08 Å². The monoisotopic (exact) mass is 172 g/mol. The topological polar surface area (TPSA) is 40.9 Å². The van der Waals surface area contributed by atoms with Gasteiger partial charge in [0.05, 0.1) is 0 Å². The molecule has 13 heavy (non-hydrogen) atoms. The van der Waals surface area contributed by atoms with Gasteiger partial charge in [-0.05, 0) is 5.56 Å². The molecule has 2 heteroatoms. The van der Waals surface area contributed by atoms with E-state index in [1.54, 1.807) is 12.2 Å². The third-order valence-electron chi connectivity index (χ3n) is 1.45. The highest BCUT2D eigenvalue weighted by Gasteiger charge is 1.81. The molecule has 0 heterocycles. The zero-order valence-electron chi connectivity index (χ0n) is 7.10. The molecule has 1 aromatic carbocycles. The first-order valence-electron chi connectivity index (χ1n) is 3.94. The van der Waals surface area contributed by atoms with Gasteiger partial charge in [-0.15, -0.1) is 0 Å². The maximum atomic E-state index is 10.2. The largest absolute Gasteiger partial charge is 0.268 e. The number of carbonyl (C=O) groups excluding carboxylic acids is 1. The maximum Gasteiger partial charge on any atom is 0.262 e. The van der Waals surface area contributed by atoms with E-state index in [4.69, 9.17) is 5.73 Å². The zero-order valence-corrected chi connectivity index (χ0v) is 7.10. The SMILES string of the molecule is [NH]C(=O)/C=C/C=C/c1ccccc1. The molecule has 0 bridgehead atoms. The number of allylic oxidation sites excluding steroid dienone is 2. The van der Waals surface area contributed by atoms with E-state index in [0.717, 1.165) is 5.56 Å². The van der Waals surface area contributed by atoms with Crippen LogP contribution in [-0.4, -0.2) is 5.91 Å². The summed E-state index contributed by atoms with van der Waals surface area (Å²) in [6, 6.07) is 9.76. The van der Waals surface area contributed by atoms with Crippen LogP contribution in [0.2, 0.25) is 0 Å². The van der Waals surface area contributed by atoms with Crippen LogP contribution in [0.5, 0.6) is 0 Å². The predicted octanol–water partition coefficient (Wildman–Crippen LogP) is 2.07. The lowest BCUT2D eigenvalue weighted by Gasteiger charge is -1.87. The van der Waals surface area contributed by atoms with Gasteiger partial charge in [-0.3, -0.25) is 10.5 Å². The molecule has 65 valence electrons. The summed E-state index contributed by atoms with van der Waals surface area (Å²) in [5.41, 5.74) is 7.67. The Morgan fingerprint density at radius 2 is 1.85 bits per heavy atom. The minimum atomic E-state index is -0.683. The number of amides is 1. The number of rotatable bonds is 3. The minimum Gasteiger partial charge on any atom is -0.268 e. The van der Waals surface area contributed by atoms with Crippen molar-refractivity contribution in [2.75, 3.05) is 0 Å². The lowest BCUT2D eigenvalue weighted by molar-refractivity contribution is -0.114. The first kappa shape index (κ1) is 9.26. The van der Waals surface area contributed by atoms with Crippen LogP contribution < -0.4 is 5.73 Å². The smallest absolute Gasteiger partial charge is 0.262 e. The van der Waals surface area contributed by atoms with Crippen molar-refractivity contribution in [2.45, 2.75) is 0 Å². The van der Waals surface area contributed by atoms with Crippen molar-refractivity contribution in [3.63, 3.8) is 0 Å². The molecule has 0 aliphatic rings. The van der Waals surface area contributed by atoms with Gasteiger partial charge in [0.1, 0.15) is 0 Å². The number of hydrogen-bond donors (Lipinski definition) is 0. The molecule has 0 aliphatic heterocycles. The molecule has 0 aliphatic carbocycles. The molecule has 1 aromatic rings. The first-order chi connectivity index (χ1) is 6.29. The average Bonchev–Trinajstić information content (AvgIpc) is 2.14. The van der Waals surface area contributed by atoms with Crippen molar-refractivity contribution < 1.29 is 4.79 Å². The highest BCUT2D eigenvalue weighted by Crippen LogP contribution is 2.00. The minimum absolute atomic E-state index is 0.683. The van der Waals surface area contributed by atoms with E-state index in [9.17, 15) is 4.79 Å². The molecule has 0 saturated carbocycles. The van der Waals surface area contributed by atoms with Crippen molar-refractivity contribution >= 4 is 12.0 Å². The second kappa shape index (κ2) is 4.93. The summed E-state index contributed by atoms with van der Waals surface area (Å²) in [5.74, 6) is -0.683. The summed E-state index contributed by atoms with van der Waals surface area (Å²) < 4.78 is 0. The van der Waals surface area contributed by atoms with Gasteiger partial charge >= 0.3 is 0 Å². The van der Waals surface area contributed by atoms with Gasteiger partial charge in [-0.25, -0.2) is 0 Å². The molecule has 1 radical (unpaired) electrons. The highest BCUT2D eigenvalue weighted by atomic mass is 16.1. The summed E-state index contributed by atoms with van der Waals surface area (Å²) in [5, 5.41) is 0. The van der Waals surface area contributed by atoms with Gasteiger partial charge < -0.3 is 0 Å². The summed E-state index contributed by atoms with van der Waals surface area (Å²) in [6.07, 6.45) is 6.38. The van der Waals surface area contributed by atoms with E-state index in [1.807, 2.05) is 36.4 Å². The molecule has 0 saturated heterocycles. The van der Waals surface area contributed by atoms with Crippen LogP contribution in [0.4, 0.5) is 0 Å². The molecule has 0 unspecified atom stereocenters. The van der Waals surface area contributed by atoms with Crippen molar-refractivity contribution in [3.05, 3.63) is 54.1 Å². The van der Waals surface area contributed by atoms with Crippen molar-refractivity contribution in [1.82, 2.24) is 5.73 Å². The van der Waals surface area contributed by atoms with Crippen molar-refractivity contribution in [2.24, 2.45) is 0 Å². The van der Waals surface area contributed by atoms with Crippen molar-refractivity contribution in [3.8, 4) is 0 Å². The van der Waals surface area contributed by atoms with Gasteiger partial charge in [0.25, 0.3) is 5.91 Å². The van der Waals surface area contributed by atoms with Gasteiger partial charge in [0, 0.05) is 6.08 Å². The third-order valence-corrected chi connectivity index (χ3v) is 1.45. The van der Waals surface area contributed by atoms with Crippen LogP contribution in [0, 0.1) is 0 Å². The van der Waals surface area contributed by atoms with E-state index in [1.165, 1.54) is 6.08 Å². The molecule has 0 spiro atoms. The number of carbonyl (C=O) groups is 1. The molecule has 1 amide bonds. The van der Waals surface area contributed by atoms with Gasteiger partial charge in [0.15, 0.2) is 0 Å². The molecular weight excluding hydrogens is 162 g/mol. The Morgan fingerprint density at radius 3 is 2.46 bits per heavy atom. The van der Waals surface area contributed by atoms with Crippen LogP contribution >= 0.6 is 0 Å². The Balaban J connectivity index is 2.55. The van der Waals surface area contributed by atoms with Crippen LogP contribution in [-0.2, 0) is 4.79 Å². The quantitative estimate of drug-likeness (QED) is 0.508. The molecule has 0 fully saturated rings. The third kappa shape index (κ3) is 3.91. The molecular formula is C11H10NO. The van der Waals surface area contributed by atoms with Crippen molar-refractivity contribution in [1.29, 1.82) is 0 Å². The Bertz CT molecular complexity index is 325. The van der Waals surface area contributed by atoms with Gasteiger partial charge in [-0.2, -0.15) is 0 Å². The normalized spacial score (nSPS) is 11.1. The summed E-state index contributed by atoms with van der Waals surface area (Å²) in [6.45, 7) is 0. The fraction of sp³-hybridized carbons (Fsp3) is 0. The summed E-state index contributed by atoms with van der Waals surface area (Å²) >= 11 is 0. The Morgan fingerprint density at radius 1 is 1.15 bits per heavy atom.